The molecule has 0 saturated carbocycles. The number of fused-ring (bicyclic) bond motifs is 1. The maximum Gasteiger partial charge on any atom is 0.173 e. The monoisotopic (exact) mass is 378 g/mol. The van der Waals surface area contributed by atoms with Gasteiger partial charge in [-0.15, -0.1) is 0 Å². The van der Waals surface area contributed by atoms with Crippen LogP contribution in [0.4, 0.5) is 5.69 Å². The van der Waals surface area contributed by atoms with Crippen molar-refractivity contribution in [2.24, 2.45) is 0 Å². The average Bonchev–Trinajstić information content (AvgIpc) is 3.01. The van der Waals surface area contributed by atoms with E-state index in [1.807, 2.05) is 55.3 Å². The topological polar surface area (TPSA) is 28.4 Å². The Bertz CT molecular complexity index is 861. The smallest absolute Gasteiger partial charge is 0.173 e. The molecule has 0 spiro atoms. The number of nitrogens with one attached hydrogen (secondary N) is 1. The average molecular weight is 379 g/mol. The summed E-state index contributed by atoms with van der Waals surface area (Å²) >= 11 is 17.5. The van der Waals surface area contributed by atoms with E-state index in [1.165, 1.54) is 0 Å². The third kappa shape index (κ3) is 3.51. The molecule has 0 aliphatic heterocycles. The lowest BCUT2D eigenvalue weighted by atomic mass is 10.2. The number of hydrogen-bond donors (Lipinski definition) is 1. The molecule has 0 aliphatic carbocycles. The molecule has 1 N–H and O–H groups in total. The highest BCUT2D eigenvalue weighted by atomic mass is 35.5. The van der Waals surface area contributed by atoms with Gasteiger partial charge in [-0.3, -0.25) is 0 Å². The van der Waals surface area contributed by atoms with Crippen LogP contribution in [0.25, 0.3) is 11.0 Å². The number of furan rings is 1. The van der Waals surface area contributed by atoms with Gasteiger partial charge < -0.3 is 14.6 Å². The second kappa shape index (κ2) is 7.01. The predicted molar refractivity (Wildman–Crippen MR) is 105 cm³/mol. The quantitative estimate of drug-likeness (QED) is 0.554. The van der Waals surface area contributed by atoms with E-state index < -0.39 is 0 Å². The van der Waals surface area contributed by atoms with Crippen molar-refractivity contribution in [2.45, 2.75) is 13.0 Å². The first kappa shape index (κ1) is 17.1. The Labute approximate surface area is 156 Å². The number of nitrogens with zero attached hydrogens (tertiary/aromatic N) is 1. The predicted octanol–water partition coefficient (Wildman–Crippen LogP) is 6.13. The molecule has 0 aliphatic rings. The highest BCUT2D eigenvalue weighted by Crippen LogP contribution is 2.28. The summed E-state index contributed by atoms with van der Waals surface area (Å²) in [5, 5.41) is 5.81. The van der Waals surface area contributed by atoms with E-state index >= 15 is 0 Å². The fourth-order valence-corrected chi connectivity index (χ4v) is 2.93. The Hall–Kier alpha value is -1.75. The van der Waals surface area contributed by atoms with Gasteiger partial charge in [0.25, 0.3) is 0 Å². The van der Waals surface area contributed by atoms with Crippen LogP contribution in [0.15, 0.2) is 52.9 Å². The van der Waals surface area contributed by atoms with E-state index in [0.29, 0.717) is 15.2 Å². The molecule has 1 aromatic heterocycles. The number of thiocarbonyl (C=S) groups is 1. The van der Waals surface area contributed by atoms with Crippen LogP contribution >= 0.6 is 35.4 Å². The maximum absolute atomic E-state index is 6.04. The molecule has 0 radical (unpaired) electrons. The summed E-state index contributed by atoms with van der Waals surface area (Å²) in [7, 11) is 1.92. The van der Waals surface area contributed by atoms with Crippen LogP contribution in [0.3, 0.4) is 0 Å². The van der Waals surface area contributed by atoms with Gasteiger partial charge in [-0.1, -0.05) is 41.4 Å². The fraction of sp³-hybridized carbons (Fsp3) is 0.167. The Morgan fingerprint density at radius 3 is 2.58 bits per heavy atom. The van der Waals surface area contributed by atoms with Gasteiger partial charge in [0.1, 0.15) is 11.3 Å². The van der Waals surface area contributed by atoms with Crippen LogP contribution in [0.5, 0.6) is 0 Å². The lowest BCUT2D eigenvalue weighted by Gasteiger charge is -2.26. The summed E-state index contributed by atoms with van der Waals surface area (Å²) in [4.78, 5) is 1.94. The minimum absolute atomic E-state index is 0.0137. The number of para-hydroxylation sites is 1. The molecular formula is C18H16Cl2N2OS. The number of rotatable bonds is 3. The molecular weight excluding hydrogens is 363 g/mol. The summed E-state index contributed by atoms with van der Waals surface area (Å²) in [5.74, 6) is 0.858. The summed E-state index contributed by atoms with van der Waals surface area (Å²) < 4.78 is 5.92. The Balaban J connectivity index is 1.75. The van der Waals surface area contributed by atoms with E-state index in [4.69, 9.17) is 39.8 Å². The third-order valence-electron chi connectivity index (χ3n) is 3.93. The zero-order valence-electron chi connectivity index (χ0n) is 13.2. The molecule has 3 rings (SSSR count). The maximum atomic E-state index is 6.04. The summed E-state index contributed by atoms with van der Waals surface area (Å²) in [5.41, 5.74) is 1.66. The van der Waals surface area contributed by atoms with Crippen molar-refractivity contribution in [1.29, 1.82) is 0 Å². The van der Waals surface area contributed by atoms with Crippen molar-refractivity contribution in [3.63, 3.8) is 0 Å². The van der Waals surface area contributed by atoms with Crippen LogP contribution in [0.1, 0.15) is 18.7 Å². The molecule has 24 heavy (non-hydrogen) atoms. The lowest BCUT2D eigenvalue weighted by molar-refractivity contribution is 0.348. The van der Waals surface area contributed by atoms with E-state index in [1.54, 1.807) is 12.1 Å². The van der Waals surface area contributed by atoms with Gasteiger partial charge in [0.2, 0.25) is 0 Å². The number of anilines is 1. The van der Waals surface area contributed by atoms with Gasteiger partial charge in [-0.2, -0.15) is 0 Å². The number of benzene rings is 2. The van der Waals surface area contributed by atoms with E-state index in [0.717, 1.165) is 22.4 Å². The molecule has 0 bridgehead atoms. The highest BCUT2D eigenvalue weighted by molar-refractivity contribution is 7.80. The number of hydrogen-bond acceptors (Lipinski definition) is 2. The van der Waals surface area contributed by atoms with Crippen LogP contribution in [-0.2, 0) is 0 Å². The Kier molecular flexibility index (Phi) is 4.99. The van der Waals surface area contributed by atoms with Gasteiger partial charge in [0, 0.05) is 18.1 Å². The van der Waals surface area contributed by atoms with Crippen LogP contribution in [-0.4, -0.2) is 17.1 Å². The molecule has 124 valence electrons. The second-order valence-corrected chi connectivity index (χ2v) is 6.73. The third-order valence-corrected chi connectivity index (χ3v) is 5.06. The van der Waals surface area contributed by atoms with Crippen molar-refractivity contribution >= 4 is 57.2 Å². The zero-order chi connectivity index (χ0) is 17.3. The van der Waals surface area contributed by atoms with Crippen molar-refractivity contribution in [2.75, 3.05) is 12.4 Å². The first-order valence-electron chi connectivity index (χ1n) is 7.43. The zero-order valence-corrected chi connectivity index (χ0v) is 15.5. The Morgan fingerprint density at radius 2 is 1.88 bits per heavy atom. The molecule has 1 atom stereocenters. The minimum Gasteiger partial charge on any atom is -0.459 e. The fourth-order valence-electron chi connectivity index (χ4n) is 2.36. The summed E-state index contributed by atoms with van der Waals surface area (Å²) in [6.45, 7) is 2.04. The van der Waals surface area contributed by atoms with Crippen LogP contribution in [0.2, 0.25) is 10.0 Å². The van der Waals surface area contributed by atoms with Crippen molar-refractivity contribution in [1.82, 2.24) is 4.90 Å². The van der Waals surface area contributed by atoms with Crippen molar-refractivity contribution in [3.05, 3.63) is 64.3 Å². The van der Waals surface area contributed by atoms with Crippen molar-refractivity contribution in [3.8, 4) is 0 Å². The minimum atomic E-state index is -0.0137. The van der Waals surface area contributed by atoms with E-state index in [9.17, 15) is 0 Å². The molecule has 0 amide bonds. The first-order chi connectivity index (χ1) is 11.5. The molecule has 0 saturated heterocycles. The van der Waals surface area contributed by atoms with Crippen molar-refractivity contribution < 1.29 is 4.42 Å². The molecule has 6 heteroatoms. The van der Waals surface area contributed by atoms with Crippen LogP contribution in [0, 0.1) is 0 Å². The van der Waals surface area contributed by atoms with E-state index in [-0.39, 0.29) is 6.04 Å². The Morgan fingerprint density at radius 1 is 1.12 bits per heavy atom. The standard InChI is InChI=1S/C18H16Cl2N2OS/c1-11(17-9-12-5-3-4-6-16(12)23-17)22(2)18(24)21-13-7-8-14(19)15(20)10-13/h3-11H,1-2H3,(H,21,24)/t11-/m0/s1. The molecule has 1 heterocycles. The van der Waals surface area contributed by atoms with Gasteiger partial charge >= 0.3 is 0 Å². The highest BCUT2D eigenvalue weighted by Gasteiger charge is 2.18. The van der Waals surface area contributed by atoms with Gasteiger partial charge in [0.15, 0.2) is 5.11 Å². The molecule has 3 aromatic rings. The van der Waals surface area contributed by atoms with Crippen LogP contribution < -0.4 is 5.32 Å². The van der Waals surface area contributed by atoms with Gasteiger partial charge in [-0.05, 0) is 49.5 Å². The largest absolute Gasteiger partial charge is 0.459 e. The number of halogens is 2. The van der Waals surface area contributed by atoms with Gasteiger partial charge in [0.05, 0.1) is 16.1 Å². The summed E-state index contributed by atoms with van der Waals surface area (Å²) in [6.07, 6.45) is 0. The molecule has 3 nitrogen and oxygen atoms in total. The first-order valence-corrected chi connectivity index (χ1v) is 8.59. The SMILES string of the molecule is C[C@@H](c1cc2ccccc2o1)N(C)C(=S)Nc1ccc(Cl)c(Cl)c1. The lowest BCUT2D eigenvalue weighted by Crippen LogP contribution is -2.33. The molecule has 2 aromatic carbocycles. The van der Waals surface area contributed by atoms with Gasteiger partial charge in [-0.25, -0.2) is 0 Å². The molecule has 0 unspecified atom stereocenters. The van der Waals surface area contributed by atoms with E-state index in [2.05, 4.69) is 5.32 Å². The second-order valence-electron chi connectivity index (χ2n) is 5.53. The summed E-state index contributed by atoms with van der Waals surface area (Å²) in [6, 6.07) is 15.3. The normalized spacial score (nSPS) is 12.2. The molecule has 0 fully saturated rings.